The lowest BCUT2D eigenvalue weighted by atomic mass is 10.2. The molecule has 1 unspecified atom stereocenters. The van der Waals surface area contributed by atoms with E-state index >= 15 is 0 Å². The van der Waals surface area contributed by atoms with Gasteiger partial charge in [0.25, 0.3) is 0 Å². The Hall–Kier alpha value is -0.870. The van der Waals surface area contributed by atoms with E-state index in [4.69, 9.17) is 4.74 Å². The van der Waals surface area contributed by atoms with Crippen LogP contribution in [0.25, 0.3) is 0 Å². The standard InChI is InChI=1S/C10H18N2O2/c1-4-14-7-10(13)9-5-11-12(6-9)8(2)3/h5-6,8,10,13H,4,7H2,1-3H3. The van der Waals surface area contributed by atoms with E-state index in [0.717, 1.165) is 5.56 Å². The molecule has 0 amide bonds. The summed E-state index contributed by atoms with van der Waals surface area (Å²) in [6.07, 6.45) is 2.97. The summed E-state index contributed by atoms with van der Waals surface area (Å²) >= 11 is 0. The van der Waals surface area contributed by atoms with Crippen molar-refractivity contribution in [3.8, 4) is 0 Å². The molecule has 0 aliphatic rings. The van der Waals surface area contributed by atoms with Gasteiger partial charge in [0, 0.05) is 24.4 Å². The number of nitrogens with zero attached hydrogens (tertiary/aromatic N) is 2. The molecule has 1 heterocycles. The molecule has 1 N–H and O–H groups in total. The van der Waals surface area contributed by atoms with Crippen LogP contribution < -0.4 is 0 Å². The van der Waals surface area contributed by atoms with Crippen molar-refractivity contribution in [3.63, 3.8) is 0 Å². The molecule has 4 nitrogen and oxygen atoms in total. The molecule has 0 fully saturated rings. The first kappa shape index (κ1) is 11.2. The Balaban J connectivity index is 2.57. The van der Waals surface area contributed by atoms with Gasteiger partial charge in [-0.1, -0.05) is 0 Å². The maximum absolute atomic E-state index is 9.67. The summed E-state index contributed by atoms with van der Waals surface area (Å²) < 4.78 is 6.96. The summed E-state index contributed by atoms with van der Waals surface area (Å²) in [6.45, 7) is 6.96. The fourth-order valence-corrected chi connectivity index (χ4v) is 1.13. The molecule has 0 saturated carbocycles. The van der Waals surface area contributed by atoms with Crippen LogP contribution >= 0.6 is 0 Å². The van der Waals surface area contributed by atoms with Crippen LogP contribution in [0.4, 0.5) is 0 Å². The maximum Gasteiger partial charge on any atom is 0.105 e. The normalized spacial score (nSPS) is 13.5. The van der Waals surface area contributed by atoms with Crippen LogP contribution in [0.2, 0.25) is 0 Å². The molecule has 1 rings (SSSR count). The zero-order valence-corrected chi connectivity index (χ0v) is 8.97. The van der Waals surface area contributed by atoms with E-state index in [1.807, 2.05) is 31.6 Å². The van der Waals surface area contributed by atoms with Crippen molar-refractivity contribution in [2.24, 2.45) is 0 Å². The highest BCUT2D eigenvalue weighted by molar-refractivity contribution is 5.08. The second kappa shape index (κ2) is 5.12. The van der Waals surface area contributed by atoms with Crippen molar-refractivity contribution in [1.82, 2.24) is 9.78 Å². The van der Waals surface area contributed by atoms with Gasteiger partial charge in [0.1, 0.15) is 6.10 Å². The van der Waals surface area contributed by atoms with Crippen molar-refractivity contribution in [2.75, 3.05) is 13.2 Å². The van der Waals surface area contributed by atoms with E-state index < -0.39 is 6.10 Å². The molecule has 0 radical (unpaired) electrons. The monoisotopic (exact) mass is 198 g/mol. The minimum absolute atomic E-state index is 0.322. The zero-order chi connectivity index (χ0) is 10.6. The van der Waals surface area contributed by atoms with Gasteiger partial charge in [0.05, 0.1) is 12.8 Å². The lowest BCUT2D eigenvalue weighted by Crippen LogP contribution is -2.06. The molecule has 0 aliphatic carbocycles. The summed E-state index contributed by atoms with van der Waals surface area (Å²) in [4.78, 5) is 0. The molecule has 0 saturated heterocycles. The Bertz CT molecular complexity index is 271. The van der Waals surface area contributed by atoms with Crippen LogP contribution in [0.15, 0.2) is 12.4 Å². The van der Waals surface area contributed by atoms with Gasteiger partial charge in [0.15, 0.2) is 0 Å². The maximum atomic E-state index is 9.67. The van der Waals surface area contributed by atoms with Crippen molar-refractivity contribution in [1.29, 1.82) is 0 Å². The van der Waals surface area contributed by atoms with Crippen LogP contribution in [0, 0.1) is 0 Å². The number of aliphatic hydroxyl groups is 1. The second-order valence-corrected chi connectivity index (χ2v) is 3.52. The summed E-state index contributed by atoms with van der Waals surface area (Å²) in [5.41, 5.74) is 0.812. The predicted molar refractivity (Wildman–Crippen MR) is 54.1 cm³/mol. The van der Waals surface area contributed by atoms with E-state index in [2.05, 4.69) is 5.10 Å². The summed E-state index contributed by atoms with van der Waals surface area (Å²) in [5.74, 6) is 0. The van der Waals surface area contributed by atoms with Crippen LogP contribution in [0.1, 0.15) is 38.5 Å². The third kappa shape index (κ3) is 2.82. The Kier molecular flexibility index (Phi) is 4.10. The van der Waals surface area contributed by atoms with Crippen molar-refractivity contribution in [3.05, 3.63) is 18.0 Å². The molecule has 4 heteroatoms. The molecule has 1 aromatic rings. The zero-order valence-electron chi connectivity index (χ0n) is 8.97. The summed E-state index contributed by atoms with van der Waals surface area (Å²) in [5, 5.41) is 13.8. The molecular weight excluding hydrogens is 180 g/mol. The van der Waals surface area contributed by atoms with Crippen molar-refractivity contribution >= 4 is 0 Å². The third-order valence-corrected chi connectivity index (χ3v) is 2.02. The number of rotatable bonds is 5. The molecule has 0 spiro atoms. The topological polar surface area (TPSA) is 47.3 Å². The van der Waals surface area contributed by atoms with E-state index in [1.165, 1.54) is 0 Å². The van der Waals surface area contributed by atoms with E-state index in [-0.39, 0.29) is 0 Å². The first-order chi connectivity index (χ1) is 6.65. The predicted octanol–water partition coefficient (Wildman–Crippen LogP) is 1.53. The Morgan fingerprint density at radius 3 is 2.79 bits per heavy atom. The first-order valence-corrected chi connectivity index (χ1v) is 4.95. The van der Waals surface area contributed by atoms with Crippen LogP contribution in [0.3, 0.4) is 0 Å². The molecule has 0 aromatic carbocycles. The fourth-order valence-electron chi connectivity index (χ4n) is 1.13. The molecule has 0 aliphatic heterocycles. The Morgan fingerprint density at radius 1 is 1.57 bits per heavy atom. The van der Waals surface area contributed by atoms with Crippen LogP contribution in [-0.4, -0.2) is 28.1 Å². The summed E-state index contributed by atoms with van der Waals surface area (Å²) in [6, 6.07) is 0.322. The van der Waals surface area contributed by atoms with Crippen molar-refractivity contribution in [2.45, 2.75) is 32.9 Å². The molecule has 1 aromatic heterocycles. The third-order valence-electron chi connectivity index (χ3n) is 2.02. The van der Waals surface area contributed by atoms with E-state index in [1.54, 1.807) is 6.20 Å². The fraction of sp³-hybridized carbons (Fsp3) is 0.700. The molecular formula is C10H18N2O2. The SMILES string of the molecule is CCOCC(O)c1cnn(C(C)C)c1. The smallest absolute Gasteiger partial charge is 0.105 e. The highest BCUT2D eigenvalue weighted by Gasteiger charge is 2.10. The highest BCUT2D eigenvalue weighted by atomic mass is 16.5. The highest BCUT2D eigenvalue weighted by Crippen LogP contribution is 2.14. The second-order valence-electron chi connectivity index (χ2n) is 3.52. The number of hydrogen-bond acceptors (Lipinski definition) is 3. The van der Waals surface area contributed by atoms with Gasteiger partial charge < -0.3 is 9.84 Å². The quantitative estimate of drug-likeness (QED) is 0.780. The minimum atomic E-state index is -0.567. The average Bonchev–Trinajstić information content (AvgIpc) is 2.62. The van der Waals surface area contributed by atoms with Gasteiger partial charge in [-0.25, -0.2) is 0 Å². The minimum Gasteiger partial charge on any atom is -0.386 e. The molecule has 80 valence electrons. The van der Waals surface area contributed by atoms with Gasteiger partial charge in [-0.2, -0.15) is 5.10 Å². The largest absolute Gasteiger partial charge is 0.386 e. The van der Waals surface area contributed by atoms with Crippen LogP contribution in [0.5, 0.6) is 0 Å². The molecule has 14 heavy (non-hydrogen) atoms. The Labute approximate surface area is 84.5 Å². The van der Waals surface area contributed by atoms with Gasteiger partial charge in [0.2, 0.25) is 0 Å². The molecule has 1 atom stereocenters. The van der Waals surface area contributed by atoms with Gasteiger partial charge in [-0.05, 0) is 20.8 Å². The number of aliphatic hydroxyl groups excluding tert-OH is 1. The average molecular weight is 198 g/mol. The van der Waals surface area contributed by atoms with Gasteiger partial charge in [-0.15, -0.1) is 0 Å². The molecule has 0 bridgehead atoms. The van der Waals surface area contributed by atoms with Gasteiger partial charge >= 0.3 is 0 Å². The Morgan fingerprint density at radius 2 is 2.29 bits per heavy atom. The van der Waals surface area contributed by atoms with Gasteiger partial charge in [-0.3, -0.25) is 4.68 Å². The van der Waals surface area contributed by atoms with E-state index in [9.17, 15) is 5.11 Å². The lowest BCUT2D eigenvalue weighted by Gasteiger charge is -2.08. The van der Waals surface area contributed by atoms with Crippen molar-refractivity contribution < 1.29 is 9.84 Å². The number of aromatic nitrogens is 2. The van der Waals surface area contributed by atoms with Crippen LogP contribution in [-0.2, 0) is 4.74 Å². The number of ether oxygens (including phenoxy) is 1. The lowest BCUT2D eigenvalue weighted by molar-refractivity contribution is 0.0419. The summed E-state index contributed by atoms with van der Waals surface area (Å²) in [7, 11) is 0. The first-order valence-electron chi connectivity index (χ1n) is 4.95. The van der Waals surface area contributed by atoms with E-state index in [0.29, 0.717) is 19.3 Å². The number of hydrogen-bond donors (Lipinski definition) is 1.